The van der Waals surface area contributed by atoms with E-state index in [1.807, 2.05) is 25.1 Å². The van der Waals surface area contributed by atoms with Crippen LogP contribution in [0.4, 0.5) is 0 Å². The lowest BCUT2D eigenvalue weighted by atomic mass is 9.97. The first-order valence-electron chi connectivity index (χ1n) is 6.04. The number of aliphatic carboxylic acids is 1. The van der Waals surface area contributed by atoms with E-state index in [1.54, 1.807) is 14.0 Å². The molecule has 0 heterocycles. The number of hydrogen-bond donors (Lipinski definition) is 2. The number of carboxylic acids is 1. The minimum Gasteiger partial charge on any atom is -0.496 e. The van der Waals surface area contributed by atoms with E-state index in [9.17, 15) is 9.59 Å². The second-order valence-corrected chi connectivity index (χ2v) is 4.54. The Morgan fingerprint density at radius 2 is 1.95 bits per heavy atom. The molecule has 0 saturated heterocycles. The van der Waals surface area contributed by atoms with Crippen LogP contribution in [0.5, 0.6) is 5.75 Å². The van der Waals surface area contributed by atoms with Crippen molar-refractivity contribution in [2.24, 2.45) is 0 Å². The number of amides is 1. The maximum atomic E-state index is 12.0. The molecule has 2 unspecified atom stereocenters. The van der Waals surface area contributed by atoms with Gasteiger partial charge in [-0.15, -0.1) is 0 Å². The lowest BCUT2D eigenvalue weighted by Crippen LogP contribution is -2.40. The van der Waals surface area contributed by atoms with Crippen molar-refractivity contribution in [3.63, 3.8) is 0 Å². The van der Waals surface area contributed by atoms with Crippen molar-refractivity contribution in [1.82, 2.24) is 5.32 Å². The summed E-state index contributed by atoms with van der Waals surface area (Å²) in [5.41, 5.74) is 1.77. The lowest BCUT2D eigenvalue weighted by Gasteiger charge is -2.17. The van der Waals surface area contributed by atoms with Crippen LogP contribution < -0.4 is 10.1 Å². The number of carbonyl (C=O) groups is 2. The first kappa shape index (κ1) is 15.0. The predicted octanol–water partition coefficient (Wildman–Crippen LogP) is 1.70. The number of ether oxygens (including phenoxy) is 1. The number of carbonyl (C=O) groups excluding carboxylic acids is 1. The van der Waals surface area contributed by atoms with E-state index in [4.69, 9.17) is 9.84 Å². The highest BCUT2D eigenvalue weighted by Crippen LogP contribution is 2.27. The normalized spacial score (nSPS) is 13.5. The summed E-state index contributed by atoms with van der Waals surface area (Å²) in [6.07, 6.45) is 0. The summed E-state index contributed by atoms with van der Waals surface area (Å²) in [6, 6.07) is 4.65. The van der Waals surface area contributed by atoms with Gasteiger partial charge in [-0.3, -0.25) is 9.59 Å². The van der Waals surface area contributed by atoms with Crippen LogP contribution in [0.1, 0.15) is 30.9 Å². The molecule has 104 valence electrons. The molecule has 0 saturated carbocycles. The van der Waals surface area contributed by atoms with Gasteiger partial charge in [0.05, 0.1) is 13.0 Å². The van der Waals surface area contributed by atoms with Crippen molar-refractivity contribution in [1.29, 1.82) is 0 Å². The third-order valence-corrected chi connectivity index (χ3v) is 2.98. The molecule has 0 fully saturated rings. The topological polar surface area (TPSA) is 75.6 Å². The zero-order valence-electron chi connectivity index (χ0n) is 11.6. The van der Waals surface area contributed by atoms with Crippen LogP contribution in [-0.2, 0) is 9.59 Å². The van der Waals surface area contributed by atoms with Crippen molar-refractivity contribution in [3.05, 3.63) is 29.3 Å². The maximum Gasteiger partial charge on any atom is 0.325 e. The molecule has 1 rings (SSSR count). The molecule has 0 bridgehead atoms. The Kier molecular flexibility index (Phi) is 4.92. The molecule has 1 aromatic carbocycles. The summed E-state index contributed by atoms with van der Waals surface area (Å²) < 4.78 is 5.25. The first-order chi connectivity index (χ1) is 8.86. The molecule has 1 amide bonds. The van der Waals surface area contributed by atoms with Gasteiger partial charge in [0.25, 0.3) is 0 Å². The van der Waals surface area contributed by atoms with Gasteiger partial charge in [0, 0.05) is 5.56 Å². The fraction of sp³-hybridized carbons (Fsp3) is 0.429. The minimum atomic E-state index is -1.06. The fourth-order valence-electron chi connectivity index (χ4n) is 1.72. The molecule has 1 aromatic rings. The second kappa shape index (κ2) is 6.22. The third kappa shape index (κ3) is 3.71. The standard InChI is InChI=1S/C14H19NO4/c1-8-5-6-11(12(7-8)19-4)9(2)13(16)15-10(3)14(17)18/h5-7,9-10H,1-4H3,(H,15,16)(H,17,18). The van der Waals surface area contributed by atoms with Crippen molar-refractivity contribution in [3.8, 4) is 5.75 Å². The molecule has 5 heteroatoms. The highest BCUT2D eigenvalue weighted by atomic mass is 16.5. The number of methoxy groups -OCH3 is 1. The van der Waals surface area contributed by atoms with Gasteiger partial charge >= 0.3 is 5.97 Å². The van der Waals surface area contributed by atoms with E-state index in [0.29, 0.717) is 5.75 Å². The summed E-state index contributed by atoms with van der Waals surface area (Å²) in [6.45, 7) is 5.08. The third-order valence-electron chi connectivity index (χ3n) is 2.98. The minimum absolute atomic E-state index is 0.336. The van der Waals surface area contributed by atoms with E-state index in [1.165, 1.54) is 6.92 Å². The van der Waals surface area contributed by atoms with Gasteiger partial charge in [-0.2, -0.15) is 0 Å². The zero-order chi connectivity index (χ0) is 14.6. The largest absolute Gasteiger partial charge is 0.496 e. The molecule has 0 aromatic heterocycles. The molecular formula is C14H19NO4. The molecule has 2 atom stereocenters. The van der Waals surface area contributed by atoms with Crippen molar-refractivity contribution in [2.45, 2.75) is 32.7 Å². The van der Waals surface area contributed by atoms with Gasteiger partial charge in [0.15, 0.2) is 0 Å². The summed E-state index contributed by atoms with van der Waals surface area (Å²) in [5.74, 6) is -1.24. The fourth-order valence-corrected chi connectivity index (χ4v) is 1.72. The van der Waals surface area contributed by atoms with E-state index >= 15 is 0 Å². The number of aryl methyl sites for hydroxylation is 1. The molecular weight excluding hydrogens is 246 g/mol. The quantitative estimate of drug-likeness (QED) is 0.849. The van der Waals surface area contributed by atoms with Gasteiger partial charge < -0.3 is 15.2 Å². The number of nitrogens with one attached hydrogen (secondary N) is 1. The van der Waals surface area contributed by atoms with Gasteiger partial charge in [-0.1, -0.05) is 12.1 Å². The Hall–Kier alpha value is -2.04. The molecule has 0 spiro atoms. The van der Waals surface area contributed by atoms with Gasteiger partial charge in [0.2, 0.25) is 5.91 Å². The van der Waals surface area contributed by atoms with Gasteiger partial charge in [-0.05, 0) is 32.4 Å². The average Bonchev–Trinajstić information content (AvgIpc) is 2.37. The van der Waals surface area contributed by atoms with Crippen LogP contribution in [0, 0.1) is 6.92 Å². The van der Waals surface area contributed by atoms with Crippen LogP contribution >= 0.6 is 0 Å². The van der Waals surface area contributed by atoms with E-state index in [-0.39, 0.29) is 5.91 Å². The second-order valence-electron chi connectivity index (χ2n) is 4.54. The van der Waals surface area contributed by atoms with E-state index in [2.05, 4.69) is 5.32 Å². The Morgan fingerprint density at radius 3 is 2.47 bits per heavy atom. The first-order valence-corrected chi connectivity index (χ1v) is 6.04. The summed E-state index contributed by atoms with van der Waals surface area (Å²) in [4.78, 5) is 22.7. The van der Waals surface area contributed by atoms with Crippen LogP contribution in [0.25, 0.3) is 0 Å². The van der Waals surface area contributed by atoms with Crippen molar-refractivity contribution < 1.29 is 19.4 Å². The Bertz CT molecular complexity index is 484. The molecule has 0 aliphatic heterocycles. The average molecular weight is 265 g/mol. The summed E-state index contributed by atoms with van der Waals surface area (Å²) in [7, 11) is 1.54. The Balaban J connectivity index is 2.91. The highest BCUT2D eigenvalue weighted by molar-refractivity contribution is 5.88. The summed E-state index contributed by atoms with van der Waals surface area (Å²) in [5, 5.41) is 11.2. The summed E-state index contributed by atoms with van der Waals surface area (Å²) >= 11 is 0. The SMILES string of the molecule is COc1cc(C)ccc1C(C)C(=O)NC(C)C(=O)O. The molecule has 0 aliphatic carbocycles. The maximum absolute atomic E-state index is 12.0. The zero-order valence-corrected chi connectivity index (χ0v) is 11.6. The number of hydrogen-bond acceptors (Lipinski definition) is 3. The molecule has 0 aliphatic rings. The predicted molar refractivity (Wildman–Crippen MR) is 71.4 cm³/mol. The van der Waals surface area contributed by atoms with Crippen LogP contribution in [0.3, 0.4) is 0 Å². The van der Waals surface area contributed by atoms with Crippen molar-refractivity contribution >= 4 is 11.9 Å². The van der Waals surface area contributed by atoms with E-state index < -0.39 is 17.9 Å². The van der Waals surface area contributed by atoms with Crippen LogP contribution in [0.2, 0.25) is 0 Å². The number of benzene rings is 1. The molecule has 2 N–H and O–H groups in total. The van der Waals surface area contributed by atoms with Gasteiger partial charge in [0.1, 0.15) is 11.8 Å². The molecule has 5 nitrogen and oxygen atoms in total. The molecule has 19 heavy (non-hydrogen) atoms. The molecule has 0 radical (unpaired) electrons. The number of rotatable bonds is 5. The Labute approximate surface area is 112 Å². The van der Waals surface area contributed by atoms with Crippen molar-refractivity contribution in [2.75, 3.05) is 7.11 Å². The number of carboxylic acid groups (broad SMARTS) is 1. The lowest BCUT2D eigenvalue weighted by molar-refractivity contribution is -0.141. The highest BCUT2D eigenvalue weighted by Gasteiger charge is 2.22. The Morgan fingerprint density at radius 1 is 1.32 bits per heavy atom. The smallest absolute Gasteiger partial charge is 0.325 e. The monoisotopic (exact) mass is 265 g/mol. The van der Waals surface area contributed by atoms with Crippen LogP contribution in [0.15, 0.2) is 18.2 Å². The van der Waals surface area contributed by atoms with Gasteiger partial charge in [-0.25, -0.2) is 0 Å². The van der Waals surface area contributed by atoms with Crippen LogP contribution in [-0.4, -0.2) is 30.1 Å². The van der Waals surface area contributed by atoms with E-state index in [0.717, 1.165) is 11.1 Å².